The average Bonchev–Trinajstić information content (AvgIpc) is 3.21. The van der Waals surface area contributed by atoms with Crippen molar-refractivity contribution in [1.82, 2.24) is 9.13 Å². The third kappa shape index (κ3) is 3.02. The van der Waals surface area contributed by atoms with Gasteiger partial charge in [-0.1, -0.05) is 0 Å². The predicted molar refractivity (Wildman–Crippen MR) is 99.5 cm³/mol. The van der Waals surface area contributed by atoms with Crippen molar-refractivity contribution in [3.63, 3.8) is 0 Å². The highest BCUT2D eigenvalue weighted by Crippen LogP contribution is 2.37. The summed E-state index contributed by atoms with van der Waals surface area (Å²) >= 11 is 1.39. The van der Waals surface area contributed by atoms with Crippen LogP contribution < -0.4 is 16.9 Å². The summed E-state index contributed by atoms with van der Waals surface area (Å²) in [7, 11) is 0. The van der Waals surface area contributed by atoms with Gasteiger partial charge in [-0.2, -0.15) is 0 Å². The van der Waals surface area contributed by atoms with Gasteiger partial charge < -0.3 is 14.9 Å². The second-order valence-electron chi connectivity index (χ2n) is 7.26. The molecule has 3 aromatic heterocycles. The molecule has 0 saturated heterocycles. The highest BCUT2D eigenvalue weighted by Gasteiger charge is 2.31. The van der Waals surface area contributed by atoms with Gasteiger partial charge in [0.15, 0.2) is 0 Å². The Bertz CT molecular complexity index is 1150. The van der Waals surface area contributed by atoms with E-state index in [1.165, 1.54) is 26.7 Å². The van der Waals surface area contributed by atoms with Crippen LogP contribution in [0.25, 0.3) is 10.2 Å². The molecule has 9 heteroatoms. The van der Waals surface area contributed by atoms with Crippen molar-refractivity contribution in [2.24, 2.45) is 5.73 Å². The zero-order valence-electron chi connectivity index (χ0n) is 15.1. The van der Waals surface area contributed by atoms with Gasteiger partial charge in [0.2, 0.25) is 5.91 Å². The Hall–Kier alpha value is -2.65. The molecule has 3 aromatic rings. The molecule has 0 radical (unpaired) electrons. The summed E-state index contributed by atoms with van der Waals surface area (Å²) in [5.41, 5.74) is 5.68. The summed E-state index contributed by atoms with van der Waals surface area (Å²) in [6.07, 6.45) is 2.15. The standard InChI is InChI=1S/C18H20N4O4S/c1-18(2)6-11-12(9-26-18)27-16-14(11)15(20)21(7-10-4-3-5-25-10)17(24)22(16)8-13(19)23/h3-5,20H,6-9H2,1-2H3,(H2,19,23). The van der Waals surface area contributed by atoms with Crippen LogP contribution in [0.15, 0.2) is 27.6 Å². The number of fused-ring (bicyclic) bond motifs is 3. The first-order valence-electron chi connectivity index (χ1n) is 8.54. The van der Waals surface area contributed by atoms with Gasteiger partial charge in [-0.25, -0.2) is 4.79 Å². The zero-order valence-corrected chi connectivity index (χ0v) is 15.9. The maximum atomic E-state index is 13.0. The van der Waals surface area contributed by atoms with Gasteiger partial charge in [0.25, 0.3) is 0 Å². The SMILES string of the molecule is CC1(C)Cc2c(sc3c2c(=N)n(Cc2ccco2)c(=O)n3CC(N)=O)CO1. The Balaban J connectivity index is 2.02. The molecular weight excluding hydrogens is 368 g/mol. The van der Waals surface area contributed by atoms with Crippen LogP contribution in [0.1, 0.15) is 30.0 Å². The van der Waals surface area contributed by atoms with Crippen molar-refractivity contribution in [2.45, 2.75) is 45.6 Å². The smallest absolute Gasteiger partial charge is 0.331 e. The van der Waals surface area contributed by atoms with Crippen molar-refractivity contribution < 1.29 is 13.9 Å². The Morgan fingerprint density at radius 1 is 1.41 bits per heavy atom. The van der Waals surface area contributed by atoms with E-state index in [9.17, 15) is 9.59 Å². The highest BCUT2D eigenvalue weighted by atomic mass is 32.1. The summed E-state index contributed by atoms with van der Waals surface area (Å²) in [6.45, 7) is 4.30. The first-order valence-corrected chi connectivity index (χ1v) is 9.35. The lowest BCUT2D eigenvalue weighted by molar-refractivity contribution is -0.118. The molecule has 0 spiro atoms. The fraction of sp³-hybridized carbons (Fsp3) is 0.389. The van der Waals surface area contributed by atoms with Crippen molar-refractivity contribution in [2.75, 3.05) is 0 Å². The van der Waals surface area contributed by atoms with E-state index in [1.54, 1.807) is 12.1 Å². The molecule has 1 aliphatic rings. The number of carbonyl (C=O) groups is 1. The molecule has 0 aliphatic carbocycles. The highest BCUT2D eigenvalue weighted by molar-refractivity contribution is 7.18. The van der Waals surface area contributed by atoms with Gasteiger partial charge in [0.1, 0.15) is 22.6 Å². The van der Waals surface area contributed by atoms with Gasteiger partial charge in [-0.05, 0) is 31.5 Å². The van der Waals surface area contributed by atoms with E-state index in [2.05, 4.69) is 0 Å². The number of rotatable bonds is 4. The second kappa shape index (κ2) is 6.21. The second-order valence-corrected chi connectivity index (χ2v) is 8.34. The molecule has 0 fully saturated rings. The number of nitrogens with one attached hydrogen (secondary N) is 1. The summed E-state index contributed by atoms with van der Waals surface area (Å²) < 4.78 is 13.9. The molecule has 0 unspecified atom stereocenters. The van der Waals surface area contributed by atoms with Crippen molar-refractivity contribution >= 4 is 27.5 Å². The molecule has 27 heavy (non-hydrogen) atoms. The monoisotopic (exact) mass is 388 g/mol. The van der Waals surface area contributed by atoms with E-state index in [4.69, 9.17) is 20.3 Å². The zero-order chi connectivity index (χ0) is 19.3. The third-order valence-corrected chi connectivity index (χ3v) is 5.92. The summed E-state index contributed by atoms with van der Waals surface area (Å²) in [4.78, 5) is 26.2. The molecule has 0 atom stereocenters. The van der Waals surface area contributed by atoms with Crippen LogP contribution in [0.4, 0.5) is 0 Å². The lowest BCUT2D eigenvalue weighted by Gasteiger charge is -2.30. The van der Waals surface area contributed by atoms with Crippen LogP contribution in [0.3, 0.4) is 0 Å². The first-order chi connectivity index (χ1) is 12.8. The number of nitrogens with two attached hydrogens (primary N) is 1. The molecular formula is C18H20N4O4S. The number of ether oxygens (including phenoxy) is 1. The Kier molecular flexibility index (Phi) is 4.08. The average molecular weight is 388 g/mol. The number of hydrogen-bond donors (Lipinski definition) is 2. The minimum atomic E-state index is -0.608. The Labute approximate surface area is 158 Å². The van der Waals surface area contributed by atoms with Crippen LogP contribution in [0.5, 0.6) is 0 Å². The third-order valence-electron chi connectivity index (χ3n) is 4.69. The summed E-state index contributed by atoms with van der Waals surface area (Å²) in [6, 6.07) is 3.47. The van der Waals surface area contributed by atoms with E-state index < -0.39 is 11.6 Å². The molecule has 1 aliphatic heterocycles. The number of hydrogen-bond acceptors (Lipinski definition) is 6. The Morgan fingerprint density at radius 3 is 2.85 bits per heavy atom. The molecule has 8 nitrogen and oxygen atoms in total. The minimum absolute atomic E-state index is 0.113. The number of primary amides is 1. The number of thiophene rings is 1. The molecule has 4 heterocycles. The maximum absolute atomic E-state index is 13.0. The summed E-state index contributed by atoms with van der Waals surface area (Å²) in [5, 5.41) is 9.39. The van der Waals surface area contributed by atoms with Crippen molar-refractivity contribution in [1.29, 1.82) is 5.41 Å². The van der Waals surface area contributed by atoms with Crippen LogP contribution in [-0.2, 0) is 35.6 Å². The molecule has 1 amide bonds. The predicted octanol–water partition coefficient (Wildman–Crippen LogP) is 1.32. The number of aromatic nitrogens is 2. The van der Waals surface area contributed by atoms with Gasteiger partial charge in [-0.3, -0.25) is 19.3 Å². The lowest BCUT2D eigenvalue weighted by Crippen LogP contribution is -2.42. The van der Waals surface area contributed by atoms with Crippen LogP contribution in [0, 0.1) is 5.41 Å². The molecule has 0 saturated carbocycles. The van der Waals surface area contributed by atoms with Crippen molar-refractivity contribution in [3.05, 3.63) is 50.6 Å². The number of furan rings is 1. The Morgan fingerprint density at radius 2 is 2.19 bits per heavy atom. The molecule has 3 N–H and O–H groups in total. The maximum Gasteiger partial charge on any atom is 0.331 e. The van der Waals surface area contributed by atoms with E-state index in [1.807, 2.05) is 13.8 Å². The number of carbonyl (C=O) groups excluding carboxylic acids is 1. The lowest BCUT2D eigenvalue weighted by atomic mass is 9.94. The van der Waals surface area contributed by atoms with Crippen LogP contribution in [-0.4, -0.2) is 20.6 Å². The fourth-order valence-electron chi connectivity index (χ4n) is 3.44. The first kappa shape index (κ1) is 17.7. The topological polar surface area (TPSA) is 116 Å². The van der Waals surface area contributed by atoms with E-state index in [0.717, 1.165) is 10.4 Å². The van der Waals surface area contributed by atoms with Gasteiger partial charge in [0.05, 0.1) is 30.4 Å². The van der Waals surface area contributed by atoms with Gasteiger partial charge in [0, 0.05) is 11.3 Å². The fourth-order valence-corrected chi connectivity index (χ4v) is 4.66. The van der Waals surface area contributed by atoms with E-state index in [0.29, 0.717) is 29.0 Å². The van der Waals surface area contributed by atoms with Gasteiger partial charge in [-0.15, -0.1) is 11.3 Å². The van der Waals surface area contributed by atoms with Crippen LogP contribution >= 0.6 is 11.3 Å². The molecule has 0 bridgehead atoms. The van der Waals surface area contributed by atoms with Crippen LogP contribution in [0.2, 0.25) is 0 Å². The van der Waals surface area contributed by atoms with E-state index >= 15 is 0 Å². The van der Waals surface area contributed by atoms with Crippen molar-refractivity contribution in [3.8, 4) is 0 Å². The number of amides is 1. The van der Waals surface area contributed by atoms with Gasteiger partial charge >= 0.3 is 5.69 Å². The molecule has 0 aromatic carbocycles. The summed E-state index contributed by atoms with van der Waals surface area (Å²) in [5.74, 6) is -0.0491. The quantitative estimate of drug-likeness (QED) is 0.701. The largest absolute Gasteiger partial charge is 0.467 e. The number of nitrogens with zero attached hydrogens (tertiary/aromatic N) is 2. The normalized spacial score (nSPS) is 15.8. The molecule has 142 valence electrons. The minimum Gasteiger partial charge on any atom is -0.467 e. The van der Waals surface area contributed by atoms with E-state index in [-0.39, 0.29) is 24.2 Å². The molecule has 4 rings (SSSR count).